The molecule has 3 N–H and O–H groups in total. The first-order valence-corrected chi connectivity index (χ1v) is 6.74. The second-order valence-corrected chi connectivity index (χ2v) is 4.95. The van der Waals surface area contributed by atoms with Crippen LogP contribution in [0.3, 0.4) is 0 Å². The molecular formula is C13H15BrN2O4. The van der Waals surface area contributed by atoms with Crippen molar-refractivity contribution in [1.29, 1.82) is 0 Å². The number of hydrogen-bond acceptors (Lipinski definition) is 4. The van der Waals surface area contributed by atoms with E-state index < -0.39 is 11.9 Å². The predicted molar refractivity (Wildman–Crippen MR) is 79.1 cm³/mol. The van der Waals surface area contributed by atoms with Crippen molar-refractivity contribution in [3.8, 4) is 0 Å². The molecule has 1 aromatic rings. The predicted octanol–water partition coefficient (Wildman–Crippen LogP) is 2.86. The lowest BCUT2D eigenvalue weighted by atomic mass is 10.1. The van der Waals surface area contributed by atoms with Crippen LogP contribution in [0.5, 0.6) is 0 Å². The average Bonchev–Trinajstić information content (AvgIpc) is 2.37. The quantitative estimate of drug-likeness (QED) is 0.522. The zero-order valence-corrected chi connectivity index (χ0v) is 12.5. The Morgan fingerprint density at radius 3 is 2.60 bits per heavy atom. The van der Waals surface area contributed by atoms with Crippen molar-refractivity contribution in [2.75, 3.05) is 5.43 Å². The summed E-state index contributed by atoms with van der Waals surface area (Å²) in [7, 11) is 0. The Balaban J connectivity index is 2.74. The fourth-order valence-corrected chi connectivity index (χ4v) is 1.83. The molecule has 1 aromatic carbocycles. The van der Waals surface area contributed by atoms with Crippen LogP contribution < -0.4 is 5.43 Å². The summed E-state index contributed by atoms with van der Waals surface area (Å²) < 4.78 is 0.805. The first-order chi connectivity index (χ1) is 9.41. The second-order valence-electron chi connectivity index (χ2n) is 4.16. The Labute approximate surface area is 124 Å². The molecule has 0 radical (unpaired) electrons. The lowest BCUT2D eigenvalue weighted by Gasteiger charge is -2.07. The lowest BCUT2D eigenvalue weighted by Crippen LogP contribution is -2.15. The van der Waals surface area contributed by atoms with Crippen molar-refractivity contribution < 1.29 is 19.8 Å². The number of hydrazone groups is 1. The molecule has 0 saturated heterocycles. The monoisotopic (exact) mass is 342 g/mol. The SMILES string of the molecule is Cc1cccc(N/N=C(/CCCC(=O)O)C(=O)O)c1Br. The van der Waals surface area contributed by atoms with Gasteiger partial charge >= 0.3 is 11.9 Å². The highest BCUT2D eigenvalue weighted by Gasteiger charge is 2.11. The molecule has 0 spiro atoms. The number of carbonyl (C=O) groups is 2. The van der Waals surface area contributed by atoms with Gasteiger partial charge in [0, 0.05) is 10.9 Å². The van der Waals surface area contributed by atoms with Crippen molar-refractivity contribution in [3.05, 3.63) is 28.2 Å². The minimum atomic E-state index is -1.16. The maximum absolute atomic E-state index is 11.0. The zero-order valence-electron chi connectivity index (χ0n) is 10.9. The molecule has 0 amide bonds. The van der Waals surface area contributed by atoms with Crippen LogP contribution in [0.25, 0.3) is 0 Å². The average molecular weight is 343 g/mol. The van der Waals surface area contributed by atoms with E-state index in [-0.39, 0.29) is 25.0 Å². The Hall–Kier alpha value is -1.89. The van der Waals surface area contributed by atoms with E-state index in [1.54, 1.807) is 6.07 Å². The van der Waals surface area contributed by atoms with Gasteiger partial charge in [0.2, 0.25) is 0 Å². The van der Waals surface area contributed by atoms with Gasteiger partial charge in [0.1, 0.15) is 5.71 Å². The Kier molecular flexibility index (Phi) is 6.17. The van der Waals surface area contributed by atoms with Gasteiger partial charge in [-0.05, 0) is 47.3 Å². The van der Waals surface area contributed by atoms with Crippen LogP contribution >= 0.6 is 15.9 Å². The molecule has 20 heavy (non-hydrogen) atoms. The Morgan fingerprint density at radius 2 is 2.00 bits per heavy atom. The number of aliphatic carboxylic acids is 2. The molecule has 0 unspecified atom stereocenters. The molecule has 0 saturated carbocycles. The van der Waals surface area contributed by atoms with E-state index in [0.29, 0.717) is 5.69 Å². The molecule has 7 heteroatoms. The number of nitrogens with zero attached hydrogens (tertiary/aromatic N) is 1. The summed E-state index contributed by atoms with van der Waals surface area (Å²) in [6, 6.07) is 5.49. The maximum Gasteiger partial charge on any atom is 0.352 e. The third kappa shape index (κ3) is 5.00. The fraction of sp³-hybridized carbons (Fsp3) is 0.308. The van der Waals surface area contributed by atoms with Gasteiger partial charge in [-0.3, -0.25) is 10.2 Å². The number of carboxylic acids is 2. The molecule has 1 rings (SSSR count). The third-order valence-corrected chi connectivity index (χ3v) is 3.61. The molecule has 0 aliphatic rings. The number of anilines is 1. The van der Waals surface area contributed by atoms with E-state index in [1.165, 1.54) is 0 Å². The molecule has 0 atom stereocenters. The number of hydrogen-bond donors (Lipinski definition) is 3. The van der Waals surface area contributed by atoms with Crippen LogP contribution in [0.4, 0.5) is 5.69 Å². The second kappa shape index (κ2) is 7.64. The summed E-state index contributed by atoms with van der Waals surface area (Å²) in [4.78, 5) is 21.4. The summed E-state index contributed by atoms with van der Waals surface area (Å²) in [6.45, 7) is 1.91. The van der Waals surface area contributed by atoms with Gasteiger partial charge in [0.05, 0.1) is 5.69 Å². The van der Waals surface area contributed by atoms with Gasteiger partial charge in [0.25, 0.3) is 0 Å². The largest absolute Gasteiger partial charge is 0.481 e. The van der Waals surface area contributed by atoms with E-state index in [4.69, 9.17) is 10.2 Å². The van der Waals surface area contributed by atoms with Crippen molar-refractivity contribution >= 4 is 39.3 Å². The van der Waals surface area contributed by atoms with Gasteiger partial charge in [-0.15, -0.1) is 0 Å². The smallest absolute Gasteiger partial charge is 0.352 e. The van der Waals surface area contributed by atoms with Crippen molar-refractivity contribution in [2.24, 2.45) is 5.10 Å². The standard InChI is InChI=1S/C13H15BrN2O4/c1-8-4-2-5-9(12(8)14)15-16-10(13(19)20)6-3-7-11(17)18/h2,4-5,15H,3,6-7H2,1H3,(H,17,18)(H,19,20)/b16-10-. The number of aryl methyl sites for hydroxylation is 1. The van der Waals surface area contributed by atoms with Gasteiger partial charge in [0.15, 0.2) is 0 Å². The first-order valence-electron chi connectivity index (χ1n) is 5.94. The van der Waals surface area contributed by atoms with E-state index in [0.717, 1.165) is 10.0 Å². The van der Waals surface area contributed by atoms with Crippen LogP contribution in [-0.4, -0.2) is 27.9 Å². The maximum atomic E-state index is 11.0. The molecule has 6 nitrogen and oxygen atoms in total. The molecule has 0 fully saturated rings. The van der Waals surface area contributed by atoms with Gasteiger partial charge in [-0.25, -0.2) is 4.79 Å². The molecule has 0 aliphatic carbocycles. The number of halogens is 1. The normalized spacial score (nSPS) is 11.2. The van der Waals surface area contributed by atoms with Crippen molar-refractivity contribution in [3.63, 3.8) is 0 Å². The number of rotatable bonds is 7. The van der Waals surface area contributed by atoms with Gasteiger partial charge in [-0.2, -0.15) is 5.10 Å². The zero-order chi connectivity index (χ0) is 15.1. The van der Waals surface area contributed by atoms with E-state index >= 15 is 0 Å². The highest BCUT2D eigenvalue weighted by atomic mass is 79.9. The molecule has 0 aromatic heterocycles. The van der Waals surface area contributed by atoms with E-state index in [2.05, 4.69) is 26.5 Å². The number of benzene rings is 1. The van der Waals surface area contributed by atoms with Crippen LogP contribution in [0.2, 0.25) is 0 Å². The molecule has 0 heterocycles. The number of carboxylic acid groups (broad SMARTS) is 2. The highest BCUT2D eigenvalue weighted by Crippen LogP contribution is 2.25. The van der Waals surface area contributed by atoms with Crippen LogP contribution in [0, 0.1) is 6.92 Å². The van der Waals surface area contributed by atoms with Gasteiger partial charge < -0.3 is 10.2 Å². The Morgan fingerprint density at radius 1 is 1.30 bits per heavy atom. The Bertz CT molecular complexity index is 543. The van der Waals surface area contributed by atoms with Crippen LogP contribution in [-0.2, 0) is 9.59 Å². The molecule has 0 bridgehead atoms. The van der Waals surface area contributed by atoms with Crippen LogP contribution in [0.1, 0.15) is 24.8 Å². The van der Waals surface area contributed by atoms with Crippen LogP contribution in [0.15, 0.2) is 27.8 Å². The summed E-state index contributed by atoms with van der Waals surface area (Å²) in [5, 5.41) is 21.4. The fourth-order valence-electron chi connectivity index (χ4n) is 1.48. The molecule has 108 valence electrons. The molecule has 0 aliphatic heterocycles. The minimum absolute atomic E-state index is 0.0829. The number of nitrogens with one attached hydrogen (secondary N) is 1. The summed E-state index contributed by atoms with van der Waals surface area (Å²) >= 11 is 3.38. The van der Waals surface area contributed by atoms with Gasteiger partial charge in [-0.1, -0.05) is 12.1 Å². The minimum Gasteiger partial charge on any atom is -0.481 e. The first kappa shape index (κ1) is 16.2. The summed E-state index contributed by atoms with van der Waals surface area (Å²) in [6.07, 6.45) is 0.246. The molecular weight excluding hydrogens is 328 g/mol. The van der Waals surface area contributed by atoms with Crippen molar-refractivity contribution in [2.45, 2.75) is 26.2 Å². The summed E-state index contributed by atoms with van der Waals surface area (Å²) in [5.41, 5.74) is 4.24. The third-order valence-electron chi connectivity index (χ3n) is 2.55. The highest BCUT2D eigenvalue weighted by molar-refractivity contribution is 9.10. The van der Waals surface area contributed by atoms with E-state index in [1.807, 2.05) is 19.1 Å². The summed E-state index contributed by atoms with van der Waals surface area (Å²) in [5.74, 6) is -2.12. The van der Waals surface area contributed by atoms with E-state index in [9.17, 15) is 9.59 Å². The lowest BCUT2D eigenvalue weighted by molar-refractivity contribution is -0.137. The van der Waals surface area contributed by atoms with Crippen molar-refractivity contribution in [1.82, 2.24) is 0 Å². The topological polar surface area (TPSA) is 99.0 Å².